The average molecular weight is 301 g/mol. The molecule has 1 N–H and O–H groups in total. The van der Waals surface area contributed by atoms with Crippen LogP contribution < -0.4 is 4.72 Å². The second kappa shape index (κ2) is 5.94. The predicted octanol–water partition coefficient (Wildman–Crippen LogP) is 1.54. The number of nitro groups is 1. The molecule has 20 heavy (non-hydrogen) atoms. The SMILES string of the molecule is Cc1cc(F)c([N+](=O)[O-])c(C)c1S(=O)(=O)NCCC#N. The van der Waals surface area contributed by atoms with E-state index in [2.05, 4.69) is 4.72 Å². The number of halogens is 1. The summed E-state index contributed by atoms with van der Waals surface area (Å²) in [5.74, 6) is -1.08. The molecular weight excluding hydrogens is 289 g/mol. The van der Waals surface area contributed by atoms with Crippen LogP contribution in [0.5, 0.6) is 0 Å². The van der Waals surface area contributed by atoms with Gasteiger partial charge in [0.2, 0.25) is 15.8 Å². The van der Waals surface area contributed by atoms with Crippen LogP contribution in [0.4, 0.5) is 10.1 Å². The summed E-state index contributed by atoms with van der Waals surface area (Å²) in [5, 5.41) is 19.2. The molecule has 1 rings (SSSR count). The Labute approximate surface area is 115 Å². The predicted molar refractivity (Wildman–Crippen MR) is 67.9 cm³/mol. The number of nitrogens with one attached hydrogen (secondary N) is 1. The third-order valence-electron chi connectivity index (χ3n) is 2.60. The fourth-order valence-electron chi connectivity index (χ4n) is 1.86. The molecule has 0 saturated carbocycles. The Balaban J connectivity index is 3.43. The standard InChI is InChI=1S/C11H12FN3O4S/c1-7-6-9(12)10(15(16)17)8(2)11(7)20(18,19)14-5-3-4-13/h6,14H,3,5H2,1-2H3. The van der Waals surface area contributed by atoms with Crippen LogP contribution in [0.1, 0.15) is 17.5 Å². The van der Waals surface area contributed by atoms with Crippen LogP contribution in [0.3, 0.4) is 0 Å². The van der Waals surface area contributed by atoms with E-state index in [0.717, 1.165) is 6.07 Å². The Kier molecular flexibility index (Phi) is 4.75. The summed E-state index contributed by atoms with van der Waals surface area (Å²) in [6.45, 7) is 2.40. The molecule has 0 unspecified atom stereocenters. The molecule has 108 valence electrons. The summed E-state index contributed by atoms with van der Waals surface area (Å²) in [7, 11) is -4.04. The first kappa shape index (κ1) is 16.0. The Morgan fingerprint density at radius 1 is 1.50 bits per heavy atom. The highest BCUT2D eigenvalue weighted by molar-refractivity contribution is 7.89. The lowest BCUT2D eigenvalue weighted by Crippen LogP contribution is -2.26. The zero-order valence-corrected chi connectivity index (χ0v) is 11.6. The highest BCUT2D eigenvalue weighted by Gasteiger charge is 2.28. The van der Waals surface area contributed by atoms with Gasteiger partial charge in [-0.05, 0) is 25.5 Å². The van der Waals surface area contributed by atoms with Gasteiger partial charge in [-0.25, -0.2) is 13.1 Å². The largest absolute Gasteiger partial charge is 0.309 e. The second-order valence-electron chi connectivity index (χ2n) is 4.04. The fraction of sp³-hybridized carbons (Fsp3) is 0.364. The number of nitro benzene ring substituents is 1. The monoisotopic (exact) mass is 301 g/mol. The van der Waals surface area contributed by atoms with Crippen LogP contribution in [0.15, 0.2) is 11.0 Å². The van der Waals surface area contributed by atoms with Crippen molar-refractivity contribution in [2.45, 2.75) is 25.2 Å². The average Bonchev–Trinajstić information content (AvgIpc) is 2.26. The van der Waals surface area contributed by atoms with Gasteiger partial charge in [0, 0.05) is 13.0 Å². The summed E-state index contributed by atoms with van der Waals surface area (Å²) in [4.78, 5) is 9.51. The second-order valence-corrected chi connectivity index (χ2v) is 5.74. The van der Waals surface area contributed by atoms with Gasteiger partial charge in [0.25, 0.3) is 0 Å². The van der Waals surface area contributed by atoms with Gasteiger partial charge in [0.15, 0.2) is 0 Å². The van der Waals surface area contributed by atoms with Crippen molar-refractivity contribution in [3.63, 3.8) is 0 Å². The van der Waals surface area contributed by atoms with E-state index in [1.54, 1.807) is 6.07 Å². The Morgan fingerprint density at radius 3 is 2.60 bits per heavy atom. The lowest BCUT2D eigenvalue weighted by molar-refractivity contribution is -0.388. The van der Waals surface area contributed by atoms with Crippen LogP contribution in [0, 0.1) is 41.1 Å². The van der Waals surface area contributed by atoms with E-state index in [1.165, 1.54) is 13.8 Å². The van der Waals surface area contributed by atoms with Crippen molar-refractivity contribution in [3.05, 3.63) is 33.1 Å². The minimum Gasteiger partial charge on any atom is -0.258 e. The lowest BCUT2D eigenvalue weighted by atomic mass is 10.1. The minimum absolute atomic E-state index is 0.0411. The zero-order chi connectivity index (χ0) is 15.5. The Bertz CT molecular complexity index is 695. The molecule has 0 aliphatic rings. The normalized spacial score (nSPS) is 11.1. The molecular formula is C11H12FN3O4S. The van der Waals surface area contributed by atoms with Gasteiger partial charge < -0.3 is 0 Å². The topological polar surface area (TPSA) is 113 Å². The molecule has 0 fully saturated rings. The molecule has 0 aliphatic heterocycles. The lowest BCUT2D eigenvalue weighted by Gasteiger charge is -2.12. The molecule has 0 heterocycles. The molecule has 1 aromatic rings. The number of aryl methyl sites for hydroxylation is 1. The number of hydrogen-bond donors (Lipinski definition) is 1. The molecule has 1 aromatic carbocycles. The number of nitriles is 1. The maximum absolute atomic E-state index is 13.5. The van der Waals surface area contributed by atoms with Crippen molar-refractivity contribution in [2.24, 2.45) is 0 Å². The van der Waals surface area contributed by atoms with Crippen LogP contribution in [0.2, 0.25) is 0 Å². The molecule has 0 spiro atoms. The van der Waals surface area contributed by atoms with E-state index >= 15 is 0 Å². The molecule has 9 heteroatoms. The van der Waals surface area contributed by atoms with Gasteiger partial charge in [-0.2, -0.15) is 9.65 Å². The molecule has 0 aliphatic carbocycles. The van der Waals surface area contributed by atoms with Crippen molar-refractivity contribution < 1.29 is 17.7 Å². The first-order chi connectivity index (χ1) is 9.22. The van der Waals surface area contributed by atoms with E-state index in [-0.39, 0.29) is 29.0 Å². The van der Waals surface area contributed by atoms with Gasteiger partial charge in [0.1, 0.15) is 0 Å². The number of sulfonamides is 1. The highest BCUT2D eigenvalue weighted by atomic mass is 32.2. The molecule has 0 bridgehead atoms. The van der Waals surface area contributed by atoms with Crippen molar-refractivity contribution in [3.8, 4) is 6.07 Å². The van der Waals surface area contributed by atoms with Gasteiger partial charge in [-0.3, -0.25) is 10.1 Å². The molecule has 0 amide bonds. The summed E-state index contributed by atoms with van der Waals surface area (Å²) in [6.07, 6.45) is -0.0411. The fourth-order valence-corrected chi connectivity index (χ4v) is 3.36. The minimum atomic E-state index is -4.04. The summed E-state index contributed by atoms with van der Waals surface area (Å²) in [6, 6.07) is 2.57. The van der Waals surface area contributed by atoms with Crippen molar-refractivity contribution in [2.75, 3.05) is 6.54 Å². The van der Waals surface area contributed by atoms with E-state index in [0.29, 0.717) is 0 Å². The van der Waals surface area contributed by atoms with Gasteiger partial charge in [-0.1, -0.05) is 0 Å². The molecule has 0 radical (unpaired) electrons. The van der Waals surface area contributed by atoms with Gasteiger partial charge >= 0.3 is 5.69 Å². The third kappa shape index (κ3) is 3.09. The van der Waals surface area contributed by atoms with E-state index < -0.39 is 26.5 Å². The van der Waals surface area contributed by atoms with Crippen LogP contribution in [-0.2, 0) is 10.0 Å². The van der Waals surface area contributed by atoms with Crippen molar-refractivity contribution >= 4 is 15.7 Å². The van der Waals surface area contributed by atoms with Crippen LogP contribution in [-0.4, -0.2) is 19.9 Å². The number of benzene rings is 1. The van der Waals surface area contributed by atoms with Crippen LogP contribution in [0.25, 0.3) is 0 Å². The maximum atomic E-state index is 13.5. The Hall–Kier alpha value is -2.05. The molecule has 0 saturated heterocycles. The molecule has 0 aromatic heterocycles. The summed E-state index contributed by atoms with van der Waals surface area (Å²) in [5.41, 5.74) is -1.07. The van der Waals surface area contributed by atoms with Crippen molar-refractivity contribution in [1.29, 1.82) is 5.26 Å². The maximum Gasteiger partial charge on any atom is 0.309 e. The summed E-state index contributed by atoms with van der Waals surface area (Å²) < 4.78 is 39.8. The highest BCUT2D eigenvalue weighted by Crippen LogP contribution is 2.30. The quantitative estimate of drug-likeness (QED) is 0.503. The number of nitrogens with zero attached hydrogens (tertiary/aromatic N) is 2. The smallest absolute Gasteiger partial charge is 0.258 e. The molecule has 7 nitrogen and oxygen atoms in total. The van der Waals surface area contributed by atoms with Crippen molar-refractivity contribution in [1.82, 2.24) is 4.72 Å². The third-order valence-corrected chi connectivity index (χ3v) is 4.35. The Morgan fingerprint density at radius 2 is 2.10 bits per heavy atom. The zero-order valence-electron chi connectivity index (χ0n) is 10.8. The molecule has 0 atom stereocenters. The first-order valence-corrected chi connectivity index (χ1v) is 7.01. The van der Waals surface area contributed by atoms with E-state index in [1.807, 2.05) is 0 Å². The first-order valence-electron chi connectivity index (χ1n) is 5.53. The van der Waals surface area contributed by atoms with Gasteiger partial charge in [0.05, 0.1) is 21.5 Å². The van der Waals surface area contributed by atoms with Crippen LogP contribution >= 0.6 is 0 Å². The van der Waals surface area contributed by atoms with Gasteiger partial charge in [-0.15, -0.1) is 0 Å². The summed E-state index contributed by atoms with van der Waals surface area (Å²) >= 11 is 0. The van der Waals surface area contributed by atoms with E-state index in [4.69, 9.17) is 5.26 Å². The number of hydrogen-bond acceptors (Lipinski definition) is 5. The van der Waals surface area contributed by atoms with E-state index in [9.17, 15) is 22.9 Å². The number of rotatable bonds is 5.